The van der Waals surface area contributed by atoms with E-state index in [0.717, 1.165) is 37.7 Å². The molecule has 0 aromatic carbocycles. The van der Waals surface area contributed by atoms with Crippen molar-refractivity contribution in [2.45, 2.75) is 12.8 Å². The lowest BCUT2D eigenvalue weighted by atomic mass is 10.4. The Bertz CT molecular complexity index is 239. The third kappa shape index (κ3) is 3.36. The molecule has 0 spiro atoms. The summed E-state index contributed by atoms with van der Waals surface area (Å²) in [5.41, 5.74) is 1.01. The van der Waals surface area contributed by atoms with E-state index in [1.54, 1.807) is 5.01 Å². The third-order valence-corrected chi connectivity index (χ3v) is 1.96. The van der Waals surface area contributed by atoms with Crippen LogP contribution in [-0.2, 0) is 9.84 Å². The van der Waals surface area contributed by atoms with Gasteiger partial charge in [-0.1, -0.05) is 0 Å². The van der Waals surface area contributed by atoms with Crippen molar-refractivity contribution in [3.63, 3.8) is 0 Å². The van der Waals surface area contributed by atoms with Crippen LogP contribution in [0.5, 0.6) is 0 Å². The molecule has 11 heavy (non-hydrogen) atoms. The number of rotatable bonds is 2. The van der Waals surface area contributed by atoms with Crippen molar-refractivity contribution in [3.8, 4) is 0 Å². The number of hydrogen-bond acceptors (Lipinski definition) is 4. The largest absolute Gasteiger partial charge is 0.296 e. The Labute approximate surface area is 66.8 Å². The highest BCUT2D eigenvalue weighted by Crippen LogP contribution is 2.06. The van der Waals surface area contributed by atoms with Gasteiger partial charge in [-0.25, -0.2) is 8.42 Å². The zero-order valence-corrected chi connectivity index (χ0v) is 7.34. The first-order chi connectivity index (χ1) is 5.08. The molecule has 64 valence electrons. The predicted octanol–water partition coefficient (Wildman–Crippen LogP) is 0.0701. The van der Waals surface area contributed by atoms with Gasteiger partial charge in [0.05, 0.1) is 0 Å². The van der Waals surface area contributed by atoms with Crippen molar-refractivity contribution in [1.82, 2.24) is 5.01 Å². The molecule has 0 N–H and O–H groups in total. The smallest absolute Gasteiger partial charge is 0.187 e. The van der Waals surface area contributed by atoms with Crippen LogP contribution in [-0.4, -0.2) is 38.3 Å². The van der Waals surface area contributed by atoms with Crippen molar-refractivity contribution in [2.24, 2.45) is 5.10 Å². The van der Waals surface area contributed by atoms with Crippen LogP contribution < -0.4 is 0 Å². The Morgan fingerprint density at radius 3 is 2.36 bits per heavy atom. The highest BCUT2D eigenvalue weighted by atomic mass is 32.2. The molecule has 1 fully saturated rings. The molecule has 0 atom stereocenters. The topological polar surface area (TPSA) is 49.7 Å². The van der Waals surface area contributed by atoms with Gasteiger partial charge >= 0.3 is 0 Å². The molecule has 1 aliphatic rings. The van der Waals surface area contributed by atoms with Gasteiger partial charge in [-0.15, -0.1) is 0 Å². The molecule has 1 rings (SSSR count). The normalized spacial score (nSPS) is 19.9. The number of hydrogen-bond donors (Lipinski definition) is 0. The Morgan fingerprint density at radius 1 is 1.36 bits per heavy atom. The Morgan fingerprint density at radius 2 is 1.91 bits per heavy atom. The van der Waals surface area contributed by atoms with E-state index >= 15 is 0 Å². The van der Waals surface area contributed by atoms with Gasteiger partial charge in [0.25, 0.3) is 0 Å². The van der Waals surface area contributed by atoms with Crippen molar-refractivity contribution >= 4 is 15.4 Å². The summed E-state index contributed by atoms with van der Waals surface area (Å²) in [4.78, 5) is 0. The molecular formula is C6H12N2O2S. The van der Waals surface area contributed by atoms with E-state index in [1.165, 1.54) is 0 Å². The van der Waals surface area contributed by atoms with Crippen molar-refractivity contribution in [3.05, 3.63) is 0 Å². The summed E-state index contributed by atoms with van der Waals surface area (Å²) in [7, 11) is -3.04. The molecular weight excluding hydrogens is 164 g/mol. The molecule has 1 saturated heterocycles. The minimum absolute atomic E-state index is 0.881. The summed E-state index contributed by atoms with van der Waals surface area (Å²) in [5, 5.41) is 5.59. The van der Waals surface area contributed by atoms with E-state index in [4.69, 9.17) is 0 Å². The van der Waals surface area contributed by atoms with Crippen molar-refractivity contribution in [1.29, 1.82) is 0 Å². The summed E-state index contributed by atoms with van der Waals surface area (Å²) < 4.78 is 21.2. The lowest BCUT2D eigenvalue weighted by Gasteiger charge is -2.07. The maximum Gasteiger partial charge on any atom is 0.187 e. The maximum atomic E-state index is 10.6. The molecule has 4 nitrogen and oxygen atoms in total. The van der Waals surface area contributed by atoms with Crippen LogP contribution in [0.2, 0.25) is 0 Å². The second kappa shape index (κ2) is 3.21. The summed E-state index contributed by atoms with van der Waals surface area (Å²) in [6.45, 7) is 1.76. The quantitative estimate of drug-likeness (QED) is 0.442. The van der Waals surface area contributed by atoms with Gasteiger partial charge in [-0.2, -0.15) is 5.10 Å². The molecule has 0 aromatic heterocycles. The van der Waals surface area contributed by atoms with Gasteiger partial charge < -0.3 is 0 Å². The Hall–Kier alpha value is -0.580. The van der Waals surface area contributed by atoms with E-state index in [1.807, 2.05) is 0 Å². The van der Waals surface area contributed by atoms with Crippen LogP contribution in [0.4, 0.5) is 0 Å². The van der Waals surface area contributed by atoms with Crippen molar-refractivity contribution in [2.75, 3.05) is 19.3 Å². The predicted molar refractivity (Wildman–Crippen MR) is 44.1 cm³/mol. The Balaban J connectivity index is 2.47. The minimum Gasteiger partial charge on any atom is -0.296 e. The van der Waals surface area contributed by atoms with E-state index < -0.39 is 9.84 Å². The zero-order chi connectivity index (χ0) is 8.32. The highest BCUT2D eigenvalue weighted by molar-refractivity contribution is 8.03. The molecule has 0 unspecified atom stereocenters. The fourth-order valence-electron chi connectivity index (χ4n) is 0.968. The molecule has 0 amide bonds. The third-order valence-electron chi connectivity index (χ3n) is 1.48. The van der Waals surface area contributed by atoms with Gasteiger partial charge in [0, 0.05) is 19.3 Å². The molecule has 0 bridgehead atoms. The molecule has 1 aliphatic heterocycles. The fraction of sp³-hybridized carbons (Fsp3) is 0.833. The Kier molecular flexibility index (Phi) is 2.49. The average molecular weight is 176 g/mol. The summed E-state index contributed by atoms with van der Waals surface area (Å²) in [6.07, 6.45) is 3.37. The van der Waals surface area contributed by atoms with Crippen LogP contribution in [0, 0.1) is 0 Å². The molecule has 0 saturated carbocycles. The van der Waals surface area contributed by atoms with Crippen LogP contribution in [0.15, 0.2) is 5.10 Å². The lowest BCUT2D eigenvalue weighted by molar-refractivity contribution is 0.363. The van der Waals surface area contributed by atoms with Crippen LogP contribution >= 0.6 is 0 Å². The van der Waals surface area contributed by atoms with Gasteiger partial charge in [0.2, 0.25) is 0 Å². The first kappa shape index (κ1) is 8.52. The second-order valence-corrected chi connectivity index (χ2v) is 4.58. The first-order valence-electron chi connectivity index (χ1n) is 3.57. The van der Waals surface area contributed by atoms with E-state index in [-0.39, 0.29) is 0 Å². The summed E-state index contributed by atoms with van der Waals surface area (Å²) in [5.74, 6) is 0. The zero-order valence-electron chi connectivity index (χ0n) is 6.52. The van der Waals surface area contributed by atoms with Crippen LogP contribution in [0.3, 0.4) is 0 Å². The van der Waals surface area contributed by atoms with Gasteiger partial charge in [0.15, 0.2) is 9.84 Å². The standard InChI is InChI=1S/C6H12N2O2S/c1-11(9,10)6-7-8-4-2-3-5-8/h6H,2-5H2,1H3/b7-6+. The van der Waals surface area contributed by atoms with Gasteiger partial charge in [-0.3, -0.25) is 5.01 Å². The molecule has 0 aromatic rings. The van der Waals surface area contributed by atoms with Crippen LogP contribution in [0.1, 0.15) is 12.8 Å². The SMILES string of the molecule is CS(=O)(=O)/C=N/N1CCCC1. The molecule has 0 radical (unpaired) electrons. The summed E-state index contributed by atoms with van der Waals surface area (Å²) in [6, 6.07) is 0. The molecule has 1 heterocycles. The van der Waals surface area contributed by atoms with E-state index in [2.05, 4.69) is 5.10 Å². The van der Waals surface area contributed by atoms with E-state index in [9.17, 15) is 8.42 Å². The fourth-order valence-corrected chi connectivity index (χ4v) is 1.27. The van der Waals surface area contributed by atoms with Gasteiger partial charge in [-0.05, 0) is 12.8 Å². The average Bonchev–Trinajstić information content (AvgIpc) is 2.32. The lowest BCUT2D eigenvalue weighted by Crippen LogP contribution is -2.13. The van der Waals surface area contributed by atoms with Crippen LogP contribution in [0.25, 0.3) is 0 Å². The molecule has 5 heteroatoms. The van der Waals surface area contributed by atoms with E-state index in [0.29, 0.717) is 0 Å². The first-order valence-corrected chi connectivity index (χ1v) is 5.52. The second-order valence-electron chi connectivity index (χ2n) is 2.71. The minimum atomic E-state index is -3.04. The number of sulfone groups is 1. The number of nitrogens with zero attached hydrogens (tertiary/aromatic N) is 2. The summed E-state index contributed by atoms with van der Waals surface area (Å²) >= 11 is 0. The molecule has 0 aliphatic carbocycles. The van der Waals surface area contributed by atoms with Gasteiger partial charge in [0.1, 0.15) is 5.55 Å². The maximum absolute atomic E-state index is 10.6. The highest BCUT2D eigenvalue weighted by Gasteiger charge is 2.08. The van der Waals surface area contributed by atoms with Crippen molar-refractivity contribution < 1.29 is 8.42 Å². The monoisotopic (exact) mass is 176 g/mol. The number of hydrazone groups is 1.